The molecule has 2 aromatic carbocycles. The summed E-state index contributed by atoms with van der Waals surface area (Å²) in [7, 11) is 1.93. The summed E-state index contributed by atoms with van der Waals surface area (Å²) in [5.41, 5.74) is 2.66. The van der Waals surface area contributed by atoms with Crippen LogP contribution in [-0.2, 0) is 13.1 Å². The Morgan fingerprint density at radius 1 is 1.13 bits per heavy atom. The van der Waals surface area contributed by atoms with Crippen LogP contribution >= 0.6 is 24.0 Å². The minimum atomic E-state index is -0.240. The third kappa shape index (κ3) is 7.68. The van der Waals surface area contributed by atoms with Gasteiger partial charge in [-0.1, -0.05) is 24.3 Å². The maximum Gasteiger partial charge on any atom is 0.321 e. The predicted molar refractivity (Wildman–Crippen MR) is 134 cm³/mol. The summed E-state index contributed by atoms with van der Waals surface area (Å²) < 4.78 is 13.5. The van der Waals surface area contributed by atoms with E-state index in [1.807, 2.05) is 54.1 Å². The van der Waals surface area contributed by atoms with Gasteiger partial charge in [-0.25, -0.2) is 14.2 Å². The Labute approximate surface area is 200 Å². The molecular formula is C23H31FIN5O. The fraction of sp³-hybridized carbons (Fsp3) is 0.391. The molecule has 1 saturated heterocycles. The zero-order valence-electron chi connectivity index (χ0n) is 18.1. The van der Waals surface area contributed by atoms with Gasteiger partial charge in [-0.15, -0.1) is 24.0 Å². The van der Waals surface area contributed by atoms with Crippen LogP contribution in [0.5, 0.6) is 0 Å². The highest BCUT2D eigenvalue weighted by atomic mass is 127. The zero-order valence-corrected chi connectivity index (χ0v) is 20.4. The van der Waals surface area contributed by atoms with Crippen LogP contribution in [-0.4, -0.2) is 48.5 Å². The number of carbonyl (C=O) groups is 1. The fourth-order valence-electron chi connectivity index (χ4n) is 3.49. The van der Waals surface area contributed by atoms with E-state index in [4.69, 9.17) is 4.99 Å². The number of likely N-dealkylation sites (tertiary alicyclic amines) is 1. The van der Waals surface area contributed by atoms with Gasteiger partial charge in [0, 0.05) is 38.9 Å². The van der Waals surface area contributed by atoms with Gasteiger partial charge in [0.15, 0.2) is 5.96 Å². The summed E-state index contributed by atoms with van der Waals surface area (Å²) in [6.07, 6.45) is 2.14. The Bertz CT molecular complexity index is 886. The second-order valence-corrected chi connectivity index (χ2v) is 7.48. The molecule has 1 fully saturated rings. The first-order valence-corrected chi connectivity index (χ1v) is 10.4. The van der Waals surface area contributed by atoms with Crippen molar-refractivity contribution in [1.29, 1.82) is 0 Å². The van der Waals surface area contributed by atoms with Gasteiger partial charge in [0.25, 0.3) is 0 Å². The smallest absolute Gasteiger partial charge is 0.321 e. The van der Waals surface area contributed by atoms with Crippen molar-refractivity contribution in [1.82, 2.24) is 15.1 Å². The summed E-state index contributed by atoms with van der Waals surface area (Å²) in [5.74, 6) is 0.504. The number of rotatable bonds is 6. The maximum absolute atomic E-state index is 13.5. The fourth-order valence-corrected chi connectivity index (χ4v) is 3.49. The van der Waals surface area contributed by atoms with E-state index in [0.29, 0.717) is 13.1 Å². The van der Waals surface area contributed by atoms with Crippen molar-refractivity contribution in [2.75, 3.05) is 32.0 Å². The predicted octanol–water partition coefficient (Wildman–Crippen LogP) is 4.67. The molecular weight excluding hydrogens is 508 g/mol. The van der Waals surface area contributed by atoms with E-state index >= 15 is 0 Å². The van der Waals surface area contributed by atoms with Gasteiger partial charge >= 0.3 is 6.03 Å². The molecule has 0 spiro atoms. The number of aliphatic imine (C=N–C) groups is 1. The third-order valence-electron chi connectivity index (χ3n) is 4.99. The number of guanidine groups is 1. The second-order valence-electron chi connectivity index (χ2n) is 7.48. The number of nitrogens with one attached hydrogen (secondary N) is 2. The molecule has 1 heterocycles. The van der Waals surface area contributed by atoms with Crippen molar-refractivity contribution in [2.45, 2.75) is 32.9 Å². The van der Waals surface area contributed by atoms with Gasteiger partial charge in [0.05, 0.1) is 6.54 Å². The van der Waals surface area contributed by atoms with Crippen molar-refractivity contribution >= 4 is 41.7 Å². The lowest BCUT2D eigenvalue weighted by Gasteiger charge is -2.22. The molecule has 0 bridgehead atoms. The lowest BCUT2D eigenvalue weighted by molar-refractivity contribution is 0.222. The normalized spacial score (nSPS) is 13.5. The average molecular weight is 539 g/mol. The van der Waals surface area contributed by atoms with E-state index in [2.05, 4.69) is 10.6 Å². The zero-order chi connectivity index (χ0) is 21.3. The molecule has 168 valence electrons. The Morgan fingerprint density at radius 2 is 1.84 bits per heavy atom. The van der Waals surface area contributed by atoms with Crippen molar-refractivity contribution in [3.05, 3.63) is 65.5 Å². The first kappa shape index (κ1) is 24.9. The van der Waals surface area contributed by atoms with Gasteiger partial charge in [-0.05, 0) is 55.2 Å². The molecule has 1 aliphatic rings. The van der Waals surface area contributed by atoms with Crippen LogP contribution in [0.15, 0.2) is 53.5 Å². The molecule has 1 aliphatic heterocycles. The number of hydrogen-bond acceptors (Lipinski definition) is 2. The van der Waals surface area contributed by atoms with Crippen molar-refractivity contribution in [3.63, 3.8) is 0 Å². The Balaban J connectivity index is 0.00000341. The van der Waals surface area contributed by atoms with E-state index in [-0.39, 0.29) is 35.8 Å². The molecule has 31 heavy (non-hydrogen) atoms. The lowest BCUT2D eigenvalue weighted by atomic mass is 10.2. The molecule has 2 N–H and O–H groups in total. The first-order chi connectivity index (χ1) is 14.5. The molecule has 2 amide bonds. The standard InChI is InChI=1S/C23H30FN5O.HI/c1-3-25-22(28(2)17-19-9-6-10-20(24)14-19)26-16-18-8-7-11-21(15-18)27-23(30)29-12-4-5-13-29;/h6-11,14-15H,3-5,12-13,16-17H2,1-2H3,(H,25,26)(H,27,30);1H. The van der Waals surface area contributed by atoms with E-state index in [0.717, 1.165) is 55.2 Å². The molecule has 8 heteroatoms. The van der Waals surface area contributed by atoms with Crippen LogP contribution in [0.25, 0.3) is 0 Å². The molecule has 0 unspecified atom stereocenters. The van der Waals surface area contributed by atoms with E-state index in [9.17, 15) is 9.18 Å². The van der Waals surface area contributed by atoms with Crippen LogP contribution < -0.4 is 10.6 Å². The molecule has 2 aromatic rings. The van der Waals surface area contributed by atoms with E-state index in [1.54, 1.807) is 6.07 Å². The highest BCUT2D eigenvalue weighted by Gasteiger charge is 2.17. The molecule has 0 radical (unpaired) electrons. The van der Waals surface area contributed by atoms with Gasteiger partial charge in [-0.3, -0.25) is 0 Å². The van der Waals surface area contributed by atoms with Crippen LogP contribution in [0.1, 0.15) is 30.9 Å². The van der Waals surface area contributed by atoms with Crippen LogP contribution in [0.4, 0.5) is 14.9 Å². The quantitative estimate of drug-likeness (QED) is 0.319. The third-order valence-corrected chi connectivity index (χ3v) is 4.99. The maximum atomic E-state index is 13.5. The molecule has 0 saturated carbocycles. The van der Waals surface area contributed by atoms with E-state index < -0.39 is 0 Å². The van der Waals surface area contributed by atoms with Crippen molar-refractivity contribution < 1.29 is 9.18 Å². The molecule has 0 aromatic heterocycles. The lowest BCUT2D eigenvalue weighted by Crippen LogP contribution is -2.38. The number of benzene rings is 2. The van der Waals surface area contributed by atoms with Gasteiger partial charge in [-0.2, -0.15) is 0 Å². The summed E-state index contributed by atoms with van der Waals surface area (Å²) in [6.45, 7) is 5.41. The average Bonchev–Trinajstić information content (AvgIpc) is 3.26. The minimum Gasteiger partial charge on any atom is -0.357 e. The minimum absolute atomic E-state index is 0. The number of carbonyl (C=O) groups excluding carboxylic acids is 1. The second kappa shape index (κ2) is 12.5. The Kier molecular flexibility index (Phi) is 10.0. The highest BCUT2D eigenvalue weighted by molar-refractivity contribution is 14.0. The van der Waals surface area contributed by atoms with Gasteiger partial charge < -0.3 is 20.4 Å². The van der Waals surface area contributed by atoms with Crippen LogP contribution in [0.2, 0.25) is 0 Å². The van der Waals surface area contributed by atoms with Crippen LogP contribution in [0, 0.1) is 5.82 Å². The number of nitrogens with zero attached hydrogens (tertiary/aromatic N) is 3. The largest absolute Gasteiger partial charge is 0.357 e. The number of urea groups is 1. The molecule has 0 aliphatic carbocycles. The van der Waals surface area contributed by atoms with Crippen molar-refractivity contribution in [3.8, 4) is 0 Å². The highest BCUT2D eigenvalue weighted by Crippen LogP contribution is 2.15. The number of halogens is 2. The molecule has 3 rings (SSSR count). The molecule has 0 atom stereocenters. The summed E-state index contributed by atoms with van der Waals surface area (Å²) in [4.78, 5) is 20.8. The number of hydrogen-bond donors (Lipinski definition) is 2. The van der Waals surface area contributed by atoms with Crippen molar-refractivity contribution in [2.24, 2.45) is 4.99 Å². The van der Waals surface area contributed by atoms with E-state index in [1.165, 1.54) is 12.1 Å². The number of amides is 2. The summed E-state index contributed by atoms with van der Waals surface area (Å²) >= 11 is 0. The Hall–Kier alpha value is -2.36. The topological polar surface area (TPSA) is 60.0 Å². The number of anilines is 1. The SMILES string of the molecule is CCNC(=NCc1cccc(NC(=O)N2CCCC2)c1)N(C)Cc1cccc(F)c1.I. The summed E-state index contributed by atoms with van der Waals surface area (Å²) in [6, 6.07) is 14.3. The monoisotopic (exact) mass is 539 g/mol. The molecule has 6 nitrogen and oxygen atoms in total. The first-order valence-electron chi connectivity index (χ1n) is 10.4. The Morgan fingerprint density at radius 3 is 2.55 bits per heavy atom. The van der Waals surface area contributed by atoms with Gasteiger partial charge in [0.1, 0.15) is 5.82 Å². The van der Waals surface area contributed by atoms with Gasteiger partial charge in [0.2, 0.25) is 0 Å². The summed E-state index contributed by atoms with van der Waals surface area (Å²) in [5, 5.41) is 6.25. The van der Waals surface area contributed by atoms with Crippen LogP contribution in [0.3, 0.4) is 0 Å².